The third kappa shape index (κ3) is 2.38. The van der Waals surface area contributed by atoms with Crippen molar-refractivity contribution in [2.75, 3.05) is 5.32 Å². The normalized spacial score (nSPS) is 9.81. The Kier molecular flexibility index (Phi) is 2.86. The summed E-state index contributed by atoms with van der Waals surface area (Å²) >= 11 is 0. The third-order valence-corrected chi connectivity index (χ3v) is 1.92. The molecule has 1 aromatic heterocycles. The first-order valence-electron chi connectivity index (χ1n) is 4.58. The Labute approximate surface area is 91.2 Å². The predicted molar refractivity (Wildman–Crippen MR) is 56.4 cm³/mol. The van der Waals surface area contributed by atoms with E-state index in [0.29, 0.717) is 5.69 Å². The van der Waals surface area contributed by atoms with Gasteiger partial charge in [0.25, 0.3) is 5.91 Å². The van der Waals surface area contributed by atoms with Gasteiger partial charge in [-0.25, -0.2) is 14.4 Å². The molecule has 0 aliphatic rings. The van der Waals surface area contributed by atoms with Crippen LogP contribution in [0.3, 0.4) is 0 Å². The van der Waals surface area contributed by atoms with Crippen molar-refractivity contribution in [2.45, 2.75) is 0 Å². The van der Waals surface area contributed by atoms with Gasteiger partial charge in [0, 0.05) is 11.9 Å². The van der Waals surface area contributed by atoms with Crippen LogP contribution in [0.5, 0.6) is 0 Å². The number of amides is 1. The zero-order chi connectivity index (χ0) is 11.4. The van der Waals surface area contributed by atoms with E-state index in [2.05, 4.69) is 15.3 Å². The largest absolute Gasteiger partial charge is 0.321 e. The molecule has 2 aromatic rings. The molecule has 0 saturated heterocycles. The lowest BCUT2D eigenvalue weighted by Crippen LogP contribution is -2.13. The van der Waals surface area contributed by atoms with Gasteiger partial charge in [0.05, 0.1) is 0 Å². The van der Waals surface area contributed by atoms with E-state index in [1.807, 2.05) is 0 Å². The van der Waals surface area contributed by atoms with Crippen LogP contribution in [0, 0.1) is 5.82 Å². The van der Waals surface area contributed by atoms with Crippen LogP contribution in [0.25, 0.3) is 0 Å². The summed E-state index contributed by atoms with van der Waals surface area (Å²) in [5, 5.41) is 2.59. The minimum atomic E-state index is -0.353. The molecule has 0 bridgehead atoms. The van der Waals surface area contributed by atoms with Crippen LogP contribution >= 0.6 is 0 Å². The quantitative estimate of drug-likeness (QED) is 0.835. The second-order valence-electron chi connectivity index (χ2n) is 3.06. The molecular formula is C11H8FN3O. The molecule has 0 fully saturated rings. The number of halogens is 1. The van der Waals surface area contributed by atoms with Gasteiger partial charge >= 0.3 is 0 Å². The molecule has 0 aliphatic heterocycles. The number of carbonyl (C=O) groups excluding carboxylic acids is 1. The van der Waals surface area contributed by atoms with E-state index in [4.69, 9.17) is 0 Å². The summed E-state index contributed by atoms with van der Waals surface area (Å²) in [5.41, 5.74) is 0.782. The smallest absolute Gasteiger partial charge is 0.274 e. The van der Waals surface area contributed by atoms with Gasteiger partial charge in [-0.3, -0.25) is 4.79 Å². The lowest BCUT2D eigenvalue weighted by Gasteiger charge is -2.03. The summed E-state index contributed by atoms with van der Waals surface area (Å²) in [6.07, 6.45) is 2.77. The second-order valence-corrected chi connectivity index (χ2v) is 3.06. The van der Waals surface area contributed by atoms with Crippen molar-refractivity contribution in [3.63, 3.8) is 0 Å². The fraction of sp³-hybridized carbons (Fsp3) is 0. The highest BCUT2D eigenvalue weighted by molar-refractivity contribution is 6.02. The number of hydrogen-bond donors (Lipinski definition) is 1. The maximum Gasteiger partial charge on any atom is 0.274 e. The molecule has 1 heterocycles. The molecular weight excluding hydrogens is 209 g/mol. The second kappa shape index (κ2) is 4.48. The molecule has 4 nitrogen and oxygen atoms in total. The van der Waals surface area contributed by atoms with E-state index in [0.717, 1.165) is 0 Å². The van der Waals surface area contributed by atoms with Gasteiger partial charge in [0.1, 0.15) is 17.8 Å². The van der Waals surface area contributed by atoms with Gasteiger partial charge in [-0.2, -0.15) is 0 Å². The van der Waals surface area contributed by atoms with Crippen molar-refractivity contribution < 1.29 is 9.18 Å². The Morgan fingerprint density at radius 2 is 1.94 bits per heavy atom. The third-order valence-electron chi connectivity index (χ3n) is 1.92. The van der Waals surface area contributed by atoms with E-state index in [1.54, 1.807) is 0 Å². The van der Waals surface area contributed by atoms with Crippen molar-refractivity contribution in [1.82, 2.24) is 9.97 Å². The van der Waals surface area contributed by atoms with Crippen LogP contribution in [0.15, 0.2) is 42.9 Å². The number of hydrogen-bond acceptors (Lipinski definition) is 3. The van der Waals surface area contributed by atoms with Crippen LogP contribution < -0.4 is 5.32 Å². The number of rotatable bonds is 2. The molecule has 16 heavy (non-hydrogen) atoms. The van der Waals surface area contributed by atoms with Crippen LogP contribution in [-0.2, 0) is 0 Å². The van der Waals surface area contributed by atoms with Gasteiger partial charge < -0.3 is 5.32 Å². The summed E-state index contributed by atoms with van der Waals surface area (Å²) in [6.45, 7) is 0. The van der Waals surface area contributed by atoms with Gasteiger partial charge in [0.15, 0.2) is 0 Å². The Morgan fingerprint density at radius 3 is 2.56 bits per heavy atom. The first kappa shape index (κ1) is 10.2. The van der Waals surface area contributed by atoms with Crippen molar-refractivity contribution in [3.05, 3.63) is 54.4 Å². The molecule has 5 heteroatoms. The zero-order valence-corrected chi connectivity index (χ0v) is 8.22. The maximum absolute atomic E-state index is 12.6. The highest BCUT2D eigenvalue weighted by atomic mass is 19.1. The molecule has 1 aromatic carbocycles. The average molecular weight is 217 g/mol. The number of aromatic nitrogens is 2. The average Bonchev–Trinajstić information content (AvgIpc) is 2.33. The summed E-state index contributed by atoms with van der Waals surface area (Å²) in [4.78, 5) is 19.1. The van der Waals surface area contributed by atoms with E-state index < -0.39 is 0 Å². The molecule has 0 aliphatic carbocycles. The summed E-state index contributed by atoms with van der Waals surface area (Å²) in [7, 11) is 0. The summed E-state index contributed by atoms with van der Waals surface area (Å²) < 4.78 is 12.6. The highest BCUT2D eigenvalue weighted by Crippen LogP contribution is 2.09. The lowest BCUT2D eigenvalue weighted by atomic mass is 10.3. The molecule has 1 N–H and O–H groups in total. The van der Waals surface area contributed by atoms with Crippen LogP contribution in [0.4, 0.5) is 10.1 Å². The number of carbonyl (C=O) groups is 1. The lowest BCUT2D eigenvalue weighted by molar-refractivity contribution is 0.102. The highest BCUT2D eigenvalue weighted by Gasteiger charge is 2.06. The van der Waals surface area contributed by atoms with E-state index in [-0.39, 0.29) is 17.4 Å². The molecule has 2 rings (SSSR count). The van der Waals surface area contributed by atoms with E-state index >= 15 is 0 Å². The minimum Gasteiger partial charge on any atom is -0.321 e. The number of benzene rings is 1. The van der Waals surface area contributed by atoms with Crippen LogP contribution in [0.1, 0.15) is 10.5 Å². The zero-order valence-electron chi connectivity index (χ0n) is 8.22. The molecule has 1 amide bonds. The minimum absolute atomic E-state index is 0.263. The predicted octanol–water partition coefficient (Wildman–Crippen LogP) is 1.87. The Bertz CT molecular complexity index is 484. The van der Waals surface area contributed by atoms with Crippen molar-refractivity contribution >= 4 is 11.6 Å². The fourth-order valence-corrected chi connectivity index (χ4v) is 1.15. The Hall–Kier alpha value is -2.30. The molecule has 0 saturated carbocycles. The topological polar surface area (TPSA) is 54.9 Å². The van der Waals surface area contributed by atoms with E-state index in [9.17, 15) is 9.18 Å². The van der Waals surface area contributed by atoms with E-state index in [1.165, 1.54) is 42.9 Å². The summed E-state index contributed by atoms with van der Waals surface area (Å²) in [6, 6.07) is 7.01. The molecule has 0 radical (unpaired) electrons. The first-order chi connectivity index (χ1) is 7.75. The molecule has 0 spiro atoms. The monoisotopic (exact) mass is 217 g/mol. The maximum atomic E-state index is 12.6. The number of nitrogens with zero attached hydrogens (tertiary/aromatic N) is 2. The van der Waals surface area contributed by atoms with Gasteiger partial charge in [-0.15, -0.1) is 0 Å². The fourth-order valence-electron chi connectivity index (χ4n) is 1.15. The molecule has 0 unspecified atom stereocenters. The van der Waals surface area contributed by atoms with Crippen molar-refractivity contribution in [2.24, 2.45) is 0 Å². The first-order valence-corrected chi connectivity index (χ1v) is 4.58. The van der Waals surface area contributed by atoms with Crippen molar-refractivity contribution in [3.8, 4) is 0 Å². The summed E-state index contributed by atoms with van der Waals surface area (Å²) in [5.74, 6) is -0.700. The molecule has 80 valence electrons. The van der Waals surface area contributed by atoms with Crippen LogP contribution in [0.2, 0.25) is 0 Å². The van der Waals surface area contributed by atoms with Crippen LogP contribution in [-0.4, -0.2) is 15.9 Å². The SMILES string of the molecule is O=C(Nc1ccc(F)cc1)c1ccncn1. The van der Waals surface area contributed by atoms with Gasteiger partial charge in [-0.1, -0.05) is 0 Å². The standard InChI is InChI=1S/C11H8FN3O/c12-8-1-3-9(4-2-8)15-11(16)10-5-6-13-7-14-10/h1-7H,(H,15,16). The number of anilines is 1. The van der Waals surface area contributed by atoms with Crippen molar-refractivity contribution in [1.29, 1.82) is 0 Å². The molecule has 0 atom stereocenters. The van der Waals surface area contributed by atoms with Gasteiger partial charge in [0.2, 0.25) is 0 Å². The van der Waals surface area contributed by atoms with Gasteiger partial charge in [-0.05, 0) is 30.3 Å². The Balaban J connectivity index is 2.11. The number of nitrogens with one attached hydrogen (secondary N) is 1. The Morgan fingerprint density at radius 1 is 1.19 bits per heavy atom.